The molecule has 0 fully saturated rings. The second kappa shape index (κ2) is 7.28. The van der Waals surface area contributed by atoms with Crippen molar-refractivity contribution in [3.8, 4) is 0 Å². The number of amides is 1. The number of carbonyl (C=O) groups excluding carboxylic acids is 1. The molecule has 1 aromatic rings. The van der Waals surface area contributed by atoms with E-state index in [2.05, 4.69) is 22.5 Å². The summed E-state index contributed by atoms with van der Waals surface area (Å²) in [6.07, 6.45) is 1.87. The smallest absolute Gasteiger partial charge is 0.224 e. The molecule has 0 saturated carbocycles. The van der Waals surface area contributed by atoms with Crippen LogP contribution in [0.4, 0.5) is 4.39 Å². The van der Waals surface area contributed by atoms with Gasteiger partial charge < -0.3 is 10.6 Å². The first-order valence-corrected chi connectivity index (χ1v) is 6.40. The van der Waals surface area contributed by atoms with E-state index in [1.165, 1.54) is 11.0 Å². The first kappa shape index (κ1) is 14.9. The molecule has 18 heavy (non-hydrogen) atoms. The van der Waals surface area contributed by atoms with Gasteiger partial charge in [-0.3, -0.25) is 4.79 Å². The van der Waals surface area contributed by atoms with E-state index in [0.29, 0.717) is 12.1 Å². The molecule has 0 aliphatic heterocycles. The van der Waals surface area contributed by atoms with Crippen molar-refractivity contribution in [2.75, 3.05) is 13.1 Å². The summed E-state index contributed by atoms with van der Waals surface area (Å²) in [5.74, 6) is -0.426. The molecule has 0 aliphatic carbocycles. The minimum absolute atomic E-state index is 0.100. The fourth-order valence-electron chi connectivity index (χ4n) is 1.56. The highest BCUT2D eigenvalue weighted by Crippen LogP contribution is 2.17. The zero-order chi connectivity index (χ0) is 13.5. The second-order valence-electron chi connectivity index (χ2n) is 3.84. The van der Waals surface area contributed by atoms with Gasteiger partial charge in [-0.15, -0.1) is 6.58 Å². The molecule has 98 valence electrons. The number of nitrogens with two attached hydrogens (primary N) is 1. The van der Waals surface area contributed by atoms with Crippen LogP contribution in [0.15, 0.2) is 35.3 Å². The van der Waals surface area contributed by atoms with E-state index in [1.807, 2.05) is 0 Å². The lowest BCUT2D eigenvalue weighted by atomic mass is 10.2. The summed E-state index contributed by atoms with van der Waals surface area (Å²) < 4.78 is 14.4. The monoisotopic (exact) mass is 314 g/mol. The number of hydrogen-bond acceptors (Lipinski definition) is 2. The Morgan fingerprint density at radius 2 is 2.28 bits per heavy atom. The normalized spacial score (nSPS) is 10.2. The van der Waals surface area contributed by atoms with E-state index in [1.54, 1.807) is 18.2 Å². The zero-order valence-corrected chi connectivity index (χ0v) is 11.6. The lowest BCUT2D eigenvalue weighted by molar-refractivity contribution is -0.131. The van der Waals surface area contributed by atoms with Crippen molar-refractivity contribution < 1.29 is 9.18 Å². The summed E-state index contributed by atoms with van der Waals surface area (Å²) in [6, 6.07) is 4.67. The average Bonchev–Trinajstić information content (AvgIpc) is 2.33. The maximum atomic E-state index is 13.6. The quantitative estimate of drug-likeness (QED) is 0.820. The highest BCUT2D eigenvalue weighted by Gasteiger charge is 2.14. The molecule has 3 nitrogen and oxygen atoms in total. The maximum Gasteiger partial charge on any atom is 0.224 e. The van der Waals surface area contributed by atoms with Crippen molar-refractivity contribution in [3.05, 3.63) is 46.7 Å². The lowest BCUT2D eigenvalue weighted by Gasteiger charge is -2.21. The Balaban J connectivity index is 2.85. The molecule has 0 bridgehead atoms. The predicted octanol–water partition coefficient (Wildman–Crippen LogP) is 2.45. The minimum Gasteiger partial charge on any atom is -0.335 e. The van der Waals surface area contributed by atoms with Crippen LogP contribution in [0.25, 0.3) is 0 Å². The summed E-state index contributed by atoms with van der Waals surface area (Å²) in [6.45, 7) is 4.48. The van der Waals surface area contributed by atoms with Crippen LogP contribution in [0.2, 0.25) is 0 Å². The molecule has 1 rings (SSSR count). The Bertz CT molecular complexity index is 437. The van der Waals surface area contributed by atoms with E-state index in [4.69, 9.17) is 5.73 Å². The number of carbonyl (C=O) groups is 1. The Kier molecular flexibility index (Phi) is 6.01. The van der Waals surface area contributed by atoms with Gasteiger partial charge in [-0.05, 0) is 18.2 Å². The van der Waals surface area contributed by atoms with E-state index in [9.17, 15) is 9.18 Å². The molecule has 0 aromatic heterocycles. The molecule has 2 N–H and O–H groups in total. The van der Waals surface area contributed by atoms with E-state index in [-0.39, 0.29) is 31.2 Å². The fraction of sp³-hybridized carbons (Fsp3) is 0.308. The number of hydrogen-bond donors (Lipinski definition) is 1. The van der Waals surface area contributed by atoms with Gasteiger partial charge in [0.25, 0.3) is 0 Å². The van der Waals surface area contributed by atoms with Gasteiger partial charge in [0.15, 0.2) is 0 Å². The van der Waals surface area contributed by atoms with E-state index in [0.717, 1.165) is 4.47 Å². The second-order valence-corrected chi connectivity index (χ2v) is 4.75. The van der Waals surface area contributed by atoms with Crippen LogP contribution in [0.3, 0.4) is 0 Å². The Labute approximate surface area is 115 Å². The number of benzene rings is 1. The van der Waals surface area contributed by atoms with Gasteiger partial charge in [0.1, 0.15) is 5.82 Å². The molecule has 1 aromatic carbocycles. The molecule has 0 atom stereocenters. The first-order valence-electron chi connectivity index (χ1n) is 5.61. The van der Waals surface area contributed by atoms with E-state index < -0.39 is 0 Å². The van der Waals surface area contributed by atoms with Crippen LogP contribution >= 0.6 is 15.9 Å². The van der Waals surface area contributed by atoms with Crippen LogP contribution in [-0.2, 0) is 11.3 Å². The highest BCUT2D eigenvalue weighted by atomic mass is 79.9. The van der Waals surface area contributed by atoms with Crippen LogP contribution in [0.5, 0.6) is 0 Å². The Hall–Kier alpha value is -1.20. The molecule has 0 heterocycles. The number of nitrogens with zero attached hydrogens (tertiary/aromatic N) is 1. The van der Waals surface area contributed by atoms with Gasteiger partial charge in [-0.25, -0.2) is 4.39 Å². The van der Waals surface area contributed by atoms with Crippen molar-refractivity contribution in [2.24, 2.45) is 5.73 Å². The van der Waals surface area contributed by atoms with Crippen molar-refractivity contribution in [1.82, 2.24) is 4.90 Å². The third-order valence-electron chi connectivity index (χ3n) is 2.43. The van der Waals surface area contributed by atoms with Crippen LogP contribution < -0.4 is 5.73 Å². The molecule has 0 unspecified atom stereocenters. The van der Waals surface area contributed by atoms with Crippen molar-refractivity contribution >= 4 is 21.8 Å². The summed E-state index contributed by atoms with van der Waals surface area (Å²) >= 11 is 3.28. The molecule has 0 aliphatic rings. The number of rotatable bonds is 6. The van der Waals surface area contributed by atoms with Gasteiger partial charge in [-0.1, -0.05) is 22.0 Å². The Morgan fingerprint density at radius 1 is 1.56 bits per heavy atom. The first-order chi connectivity index (χ1) is 8.58. The molecule has 0 spiro atoms. The third kappa shape index (κ3) is 4.23. The SMILES string of the molecule is C=CCN(Cc1cc(Br)ccc1F)C(=O)CCN. The lowest BCUT2D eigenvalue weighted by Crippen LogP contribution is -2.32. The van der Waals surface area contributed by atoms with Gasteiger partial charge in [0.05, 0.1) is 0 Å². The van der Waals surface area contributed by atoms with E-state index >= 15 is 0 Å². The summed E-state index contributed by atoms with van der Waals surface area (Å²) in [4.78, 5) is 13.3. The van der Waals surface area contributed by atoms with Crippen LogP contribution in [0, 0.1) is 5.82 Å². The molecule has 5 heteroatoms. The highest BCUT2D eigenvalue weighted by molar-refractivity contribution is 9.10. The summed E-state index contributed by atoms with van der Waals surface area (Å²) in [5.41, 5.74) is 5.82. The topological polar surface area (TPSA) is 46.3 Å². The van der Waals surface area contributed by atoms with Crippen LogP contribution in [-0.4, -0.2) is 23.9 Å². The van der Waals surface area contributed by atoms with Crippen molar-refractivity contribution in [1.29, 1.82) is 0 Å². The molecular formula is C13H16BrFN2O. The maximum absolute atomic E-state index is 13.6. The van der Waals surface area contributed by atoms with Crippen molar-refractivity contribution in [3.63, 3.8) is 0 Å². The molecule has 0 radical (unpaired) electrons. The zero-order valence-electron chi connectivity index (χ0n) is 10.0. The van der Waals surface area contributed by atoms with Gasteiger partial charge in [-0.2, -0.15) is 0 Å². The van der Waals surface area contributed by atoms with Gasteiger partial charge >= 0.3 is 0 Å². The minimum atomic E-state index is -0.326. The third-order valence-corrected chi connectivity index (χ3v) is 2.92. The fourth-order valence-corrected chi connectivity index (χ4v) is 1.97. The predicted molar refractivity (Wildman–Crippen MR) is 73.4 cm³/mol. The Morgan fingerprint density at radius 3 is 2.89 bits per heavy atom. The van der Waals surface area contributed by atoms with Crippen molar-refractivity contribution in [2.45, 2.75) is 13.0 Å². The van der Waals surface area contributed by atoms with Crippen LogP contribution in [0.1, 0.15) is 12.0 Å². The summed E-state index contributed by atoms with van der Waals surface area (Å²) in [7, 11) is 0. The molecular weight excluding hydrogens is 299 g/mol. The molecule has 1 amide bonds. The molecule has 0 saturated heterocycles. The average molecular weight is 315 g/mol. The number of halogens is 2. The van der Waals surface area contributed by atoms with Gasteiger partial charge in [0.2, 0.25) is 5.91 Å². The summed E-state index contributed by atoms with van der Waals surface area (Å²) in [5, 5.41) is 0. The van der Waals surface area contributed by atoms with Gasteiger partial charge in [0, 0.05) is 36.1 Å². The largest absolute Gasteiger partial charge is 0.335 e. The standard InChI is InChI=1S/C13H16BrFN2O/c1-2-7-17(13(18)5-6-16)9-10-8-11(14)3-4-12(10)15/h2-4,8H,1,5-7,9,16H2.